The molecule has 4 heteroatoms. The van der Waals surface area contributed by atoms with E-state index in [1.165, 1.54) is 10.3 Å². The summed E-state index contributed by atoms with van der Waals surface area (Å²) >= 11 is 3.30. The van der Waals surface area contributed by atoms with Crippen LogP contribution >= 0.6 is 23.1 Å². The SMILES string of the molecule is CC(C)(C)NCc1c(F)cccc1Sc1cccs1. The molecule has 1 aromatic carbocycles. The Morgan fingerprint density at radius 1 is 1.21 bits per heavy atom. The van der Waals surface area contributed by atoms with Gasteiger partial charge in [-0.3, -0.25) is 0 Å². The zero-order chi connectivity index (χ0) is 13.9. The van der Waals surface area contributed by atoms with Crippen molar-refractivity contribution in [3.63, 3.8) is 0 Å². The highest BCUT2D eigenvalue weighted by molar-refractivity contribution is 8.01. The smallest absolute Gasteiger partial charge is 0.128 e. The Hall–Kier alpha value is -0.840. The Balaban J connectivity index is 2.20. The van der Waals surface area contributed by atoms with Gasteiger partial charge in [-0.25, -0.2) is 4.39 Å². The van der Waals surface area contributed by atoms with Crippen LogP contribution in [0.5, 0.6) is 0 Å². The van der Waals surface area contributed by atoms with Gasteiger partial charge in [0.15, 0.2) is 0 Å². The van der Waals surface area contributed by atoms with E-state index in [1.807, 2.05) is 17.5 Å². The van der Waals surface area contributed by atoms with Crippen LogP contribution in [0.25, 0.3) is 0 Å². The summed E-state index contributed by atoms with van der Waals surface area (Å²) in [6, 6.07) is 9.34. The van der Waals surface area contributed by atoms with Crippen molar-refractivity contribution in [2.24, 2.45) is 0 Å². The lowest BCUT2D eigenvalue weighted by atomic mass is 10.1. The molecule has 0 spiro atoms. The Morgan fingerprint density at radius 2 is 2.00 bits per heavy atom. The fourth-order valence-electron chi connectivity index (χ4n) is 1.59. The van der Waals surface area contributed by atoms with Crippen molar-refractivity contribution < 1.29 is 4.39 Å². The van der Waals surface area contributed by atoms with Gasteiger partial charge in [-0.15, -0.1) is 11.3 Å². The molecule has 0 aliphatic heterocycles. The third-order valence-electron chi connectivity index (χ3n) is 2.58. The van der Waals surface area contributed by atoms with E-state index < -0.39 is 0 Å². The van der Waals surface area contributed by atoms with E-state index in [4.69, 9.17) is 0 Å². The van der Waals surface area contributed by atoms with Crippen molar-refractivity contribution >= 4 is 23.1 Å². The lowest BCUT2D eigenvalue weighted by Gasteiger charge is -2.21. The van der Waals surface area contributed by atoms with E-state index in [0.29, 0.717) is 6.54 Å². The summed E-state index contributed by atoms with van der Waals surface area (Å²) in [7, 11) is 0. The molecule has 2 aromatic rings. The third-order valence-corrected chi connectivity index (χ3v) is 4.72. The van der Waals surface area contributed by atoms with Gasteiger partial charge in [-0.2, -0.15) is 0 Å². The second kappa shape index (κ2) is 6.07. The van der Waals surface area contributed by atoms with Gasteiger partial charge in [0.2, 0.25) is 0 Å². The first-order chi connectivity index (χ1) is 8.96. The Bertz CT molecular complexity index is 530. The largest absolute Gasteiger partial charge is 0.308 e. The number of thiophene rings is 1. The van der Waals surface area contributed by atoms with E-state index in [0.717, 1.165) is 10.5 Å². The lowest BCUT2D eigenvalue weighted by molar-refractivity contribution is 0.416. The third kappa shape index (κ3) is 4.34. The average molecular weight is 295 g/mol. The number of rotatable bonds is 4. The highest BCUT2D eigenvalue weighted by Crippen LogP contribution is 2.34. The highest BCUT2D eigenvalue weighted by Gasteiger charge is 2.14. The van der Waals surface area contributed by atoms with Gasteiger partial charge in [0, 0.05) is 22.5 Å². The molecule has 0 saturated heterocycles. The van der Waals surface area contributed by atoms with Crippen LogP contribution in [0.1, 0.15) is 26.3 Å². The summed E-state index contributed by atoms with van der Waals surface area (Å²) < 4.78 is 15.2. The minimum atomic E-state index is -0.140. The normalized spacial score (nSPS) is 11.8. The fraction of sp³-hybridized carbons (Fsp3) is 0.333. The average Bonchev–Trinajstić information content (AvgIpc) is 2.79. The quantitative estimate of drug-likeness (QED) is 0.858. The molecule has 0 aliphatic carbocycles. The van der Waals surface area contributed by atoms with Crippen LogP contribution in [0.4, 0.5) is 4.39 Å². The molecule has 1 aromatic heterocycles. The molecule has 102 valence electrons. The van der Waals surface area contributed by atoms with E-state index in [1.54, 1.807) is 29.2 Å². The molecular formula is C15H18FNS2. The van der Waals surface area contributed by atoms with Crippen molar-refractivity contribution in [2.45, 2.75) is 42.0 Å². The molecule has 0 radical (unpaired) electrons. The van der Waals surface area contributed by atoms with Crippen LogP contribution in [-0.4, -0.2) is 5.54 Å². The fourth-order valence-corrected chi connectivity index (χ4v) is 3.47. The first-order valence-corrected chi connectivity index (χ1v) is 7.89. The van der Waals surface area contributed by atoms with Crippen molar-refractivity contribution in [1.29, 1.82) is 0 Å². The van der Waals surface area contributed by atoms with Crippen LogP contribution in [-0.2, 0) is 6.54 Å². The van der Waals surface area contributed by atoms with Crippen molar-refractivity contribution in [1.82, 2.24) is 5.32 Å². The number of halogens is 1. The maximum atomic E-state index is 14.0. The standard InChI is InChI=1S/C15H18FNS2/c1-15(2,3)17-10-11-12(16)6-4-7-13(11)19-14-8-5-9-18-14/h4-9,17H,10H2,1-3H3. The maximum absolute atomic E-state index is 14.0. The first kappa shape index (κ1) is 14.6. The summed E-state index contributed by atoms with van der Waals surface area (Å²) in [6.07, 6.45) is 0. The molecule has 1 N–H and O–H groups in total. The molecule has 0 aliphatic rings. The monoisotopic (exact) mass is 295 g/mol. The van der Waals surface area contributed by atoms with Crippen LogP contribution in [0.15, 0.2) is 44.8 Å². The Labute approximate surface area is 122 Å². The molecular weight excluding hydrogens is 277 g/mol. The molecule has 0 bridgehead atoms. The van der Waals surface area contributed by atoms with Crippen LogP contribution in [0.3, 0.4) is 0 Å². The molecule has 0 unspecified atom stereocenters. The van der Waals surface area contributed by atoms with Gasteiger partial charge < -0.3 is 5.32 Å². The lowest BCUT2D eigenvalue weighted by Crippen LogP contribution is -2.35. The van der Waals surface area contributed by atoms with Crippen molar-refractivity contribution in [3.8, 4) is 0 Å². The molecule has 0 fully saturated rings. The number of hydrogen-bond acceptors (Lipinski definition) is 3. The Kier molecular flexibility index (Phi) is 4.66. The van der Waals surface area contributed by atoms with E-state index in [2.05, 4.69) is 32.2 Å². The summed E-state index contributed by atoms with van der Waals surface area (Å²) in [5, 5.41) is 5.39. The van der Waals surface area contributed by atoms with E-state index in [-0.39, 0.29) is 11.4 Å². The van der Waals surface area contributed by atoms with Gasteiger partial charge in [0.25, 0.3) is 0 Å². The van der Waals surface area contributed by atoms with Crippen molar-refractivity contribution in [3.05, 3.63) is 47.1 Å². The number of benzene rings is 1. The summed E-state index contributed by atoms with van der Waals surface area (Å²) in [4.78, 5) is 0.985. The van der Waals surface area contributed by atoms with Gasteiger partial charge in [-0.05, 0) is 44.4 Å². The van der Waals surface area contributed by atoms with Gasteiger partial charge in [-0.1, -0.05) is 23.9 Å². The molecule has 0 saturated carbocycles. The zero-order valence-electron chi connectivity index (χ0n) is 11.4. The maximum Gasteiger partial charge on any atom is 0.128 e. The predicted molar refractivity (Wildman–Crippen MR) is 81.4 cm³/mol. The van der Waals surface area contributed by atoms with Gasteiger partial charge >= 0.3 is 0 Å². The number of nitrogens with one attached hydrogen (secondary N) is 1. The van der Waals surface area contributed by atoms with Gasteiger partial charge in [0.05, 0.1) is 4.21 Å². The molecule has 19 heavy (non-hydrogen) atoms. The highest BCUT2D eigenvalue weighted by atomic mass is 32.2. The summed E-state index contributed by atoms with van der Waals surface area (Å²) in [6.45, 7) is 6.80. The first-order valence-electron chi connectivity index (χ1n) is 6.19. The number of hydrogen-bond donors (Lipinski definition) is 1. The van der Waals surface area contributed by atoms with E-state index in [9.17, 15) is 4.39 Å². The molecule has 2 rings (SSSR count). The van der Waals surface area contributed by atoms with Crippen LogP contribution in [0, 0.1) is 5.82 Å². The topological polar surface area (TPSA) is 12.0 Å². The molecule has 1 nitrogen and oxygen atoms in total. The summed E-state index contributed by atoms with van der Waals surface area (Å²) in [5.41, 5.74) is 0.725. The molecule has 0 amide bonds. The van der Waals surface area contributed by atoms with E-state index >= 15 is 0 Å². The molecule has 1 heterocycles. The Morgan fingerprint density at radius 3 is 2.63 bits per heavy atom. The molecule has 0 atom stereocenters. The predicted octanol–water partition coefficient (Wildman–Crippen LogP) is 4.93. The minimum Gasteiger partial charge on any atom is -0.308 e. The second-order valence-corrected chi connectivity index (χ2v) is 7.64. The minimum absolute atomic E-state index is 0.0207. The van der Waals surface area contributed by atoms with Gasteiger partial charge in [0.1, 0.15) is 5.82 Å². The zero-order valence-corrected chi connectivity index (χ0v) is 13.0. The summed E-state index contributed by atoms with van der Waals surface area (Å²) in [5.74, 6) is -0.140. The second-order valence-electron chi connectivity index (χ2n) is 5.35. The van der Waals surface area contributed by atoms with Crippen LogP contribution in [0.2, 0.25) is 0 Å². The van der Waals surface area contributed by atoms with Crippen molar-refractivity contribution in [2.75, 3.05) is 0 Å². The van der Waals surface area contributed by atoms with Crippen LogP contribution < -0.4 is 5.32 Å².